The normalized spacial score (nSPS) is 10.1. The number of rotatable bonds is 4. The summed E-state index contributed by atoms with van der Waals surface area (Å²) in [5.41, 5.74) is 2.37. The van der Waals surface area contributed by atoms with Gasteiger partial charge in [-0.05, 0) is 19.4 Å². The van der Waals surface area contributed by atoms with Crippen LogP contribution in [0.3, 0.4) is 0 Å². The molecular weight excluding hydrogens is 210 g/mol. The van der Waals surface area contributed by atoms with E-state index in [4.69, 9.17) is 11.6 Å². The Morgan fingerprint density at radius 3 is 2.40 bits per heavy atom. The fraction of sp³-hybridized carbons (Fsp3) is 0.417. The Morgan fingerprint density at radius 1 is 1.33 bits per heavy atom. The molecule has 0 aliphatic carbocycles. The van der Waals surface area contributed by atoms with Crippen LogP contribution in [-0.4, -0.2) is 23.2 Å². The van der Waals surface area contributed by atoms with Gasteiger partial charge in [0.05, 0.1) is 0 Å². The van der Waals surface area contributed by atoms with E-state index in [-0.39, 0.29) is 11.8 Å². The van der Waals surface area contributed by atoms with Gasteiger partial charge in [-0.1, -0.05) is 29.8 Å². The summed E-state index contributed by atoms with van der Waals surface area (Å²) in [5, 5.41) is 0. The number of hydrogen-bond donors (Lipinski definition) is 0. The average molecular weight is 226 g/mol. The molecule has 82 valence electrons. The number of aryl methyl sites for hydroxylation is 1. The van der Waals surface area contributed by atoms with E-state index in [0.717, 1.165) is 5.56 Å². The highest BCUT2D eigenvalue weighted by molar-refractivity contribution is 6.27. The average Bonchev–Trinajstić information content (AvgIpc) is 2.27. The highest BCUT2D eigenvalue weighted by atomic mass is 35.5. The molecule has 1 rings (SSSR count). The van der Waals surface area contributed by atoms with Crippen molar-refractivity contribution in [2.24, 2.45) is 0 Å². The van der Waals surface area contributed by atoms with Crippen LogP contribution in [0.1, 0.15) is 18.1 Å². The van der Waals surface area contributed by atoms with Gasteiger partial charge < -0.3 is 4.90 Å². The van der Waals surface area contributed by atoms with Crippen LogP contribution >= 0.6 is 11.6 Å². The molecule has 1 aromatic rings. The van der Waals surface area contributed by atoms with Crippen molar-refractivity contribution < 1.29 is 4.79 Å². The van der Waals surface area contributed by atoms with E-state index in [1.54, 1.807) is 4.90 Å². The summed E-state index contributed by atoms with van der Waals surface area (Å²) < 4.78 is 0. The summed E-state index contributed by atoms with van der Waals surface area (Å²) >= 11 is 5.53. The maximum atomic E-state index is 11.4. The SMILES string of the molecule is CCN(Cc1ccc(C)cc1)C(=O)CCl. The van der Waals surface area contributed by atoms with Crippen molar-refractivity contribution in [3.05, 3.63) is 35.4 Å². The minimum atomic E-state index is -0.0141. The summed E-state index contributed by atoms with van der Waals surface area (Å²) in [4.78, 5) is 13.2. The third-order valence-electron chi connectivity index (χ3n) is 2.34. The van der Waals surface area contributed by atoms with Gasteiger partial charge in [-0.3, -0.25) is 4.79 Å². The molecule has 0 heterocycles. The number of carbonyl (C=O) groups excluding carboxylic acids is 1. The lowest BCUT2D eigenvalue weighted by Gasteiger charge is -2.19. The second-order valence-electron chi connectivity index (χ2n) is 3.53. The van der Waals surface area contributed by atoms with Crippen LogP contribution in [0.4, 0.5) is 0 Å². The molecule has 0 unspecified atom stereocenters. The van der Waals surface area contributed by atoms with E-state index < -0.39 is 0 Å². The Kier molecular flexibility index (Phi) is 4.63. The summed E-state index contributed by atoms with van der Waals surface area (Å²) in [6.45, 7) is 5.34. The fourth-order valence-corrected chi connectivity index (χ4v) is 1.54. The number of amides is 1. The number of benzene rings is 1. The number of carbonyl (C=O) groups is 1. The first kappa shape index (κ1) is 12.1. The molecule has 0 aliphatic heterocycles. The molecule has 0 aromatic heterocycles. The van der Waals surface area contributed by atoms with Gasteiger partial charge in [-0.2, -0.15) is 0 Å². The Bertz CT molecular complexity index is 321. The zero-order valence-electron chi connectivity index (χ0n) is 9.16. The molecule has 0 spiro atoms. The smallest absolute Gasteiger partial charge is 0.237 e. The standard InChI is InChI=1S/C12H16ClNO/c1-3-14(12(15)8-13)9-11-6-4-10(2)5-7-11/h4-7H,3,8-9H2,1-2H3. The molecule has 1 amide bonds. The second kappa shape index (κ2) is 5.76. The van der Waals surface area contributed by atoms with Gasteiger partial charge in [0.25, 0.3) is 0 Å². The minimum absolute atomic E-state index is 0.0141. The predicted molar refractivity (Wildman–Crippen MR) is 63.0 cm³/mol. The number of hydrogen-bond acceptors (Lipinski definition) is 1. The summed E-state index contributed by atoms with van der Waals surface area (Å²) in [6, 6.07) is 8.18. The molecule has 15 heavy (non-hydrogen) atoms. The first-order valence-corrected chi connectivity index (χ1v) is 5.60. The van der Waals surface area contributed by atoms with E-state index in [1.807, 2.05) is 38.1 Å². The first-order chi connectivity index (χ1) is 7.17. The van der Waals surface area contributed by atoms with E-state index >= 15 is 0 Å². The molecule has 0 aliphatic rings. The van der Waals surface area contributed by atoms with Crippen LogP contribution in [0.15, 0.2) is 24.3 Å². The number of nitrogens with zero attached hydrogens (tertiary/aromatic N) is 1. The van der Waals surface area contributed by atoms with Crippen molar-refractivity contribution in [2.75, 3.05) is 12.4 Å². The number of alkyl halides is 1. The van der Waals surface area contributed by atoms with Crippen molar-refractivity contribution in [3.8, 4) is 0 Å². The van der Waals surface area contributed by atoms with Gasteiger partial charge in [0.1, 0.15) is 5.88 Å². The monoisotopic (exact) mass is 225 g/mol. The Hall–Kier alpha value is -1.02. The molecule has 0 radical (unpaired) electrons. The van der Waals surface area contributed by atoms with Crippen LogP contribution in [0.5, 0.6) is 0 Å². The van der Waals surface area contributed by atoms with E-state index in [1.165, 1.54) is 5.56 Å². The van der Waals surface area contributed by atoms with Crippen LogP contribution < -0.4 is 0 Å². The quantitative estimate of drug-likeness (QED) is 0.722. The van der Waals surface area contributed by atoms with Gasteiger partial charge in [0.15, 0.2) is 0 Å². The lowest BCUT2D eigenvalue weighted by atomic mass is 10.1. The van der Waals surface area contributed by atoms with E-state index in [9.17, 15) is 4.79 Å². The van der Waals surface area contributed by atoms with Crippen LogP contribution in [-0.2, 0) is 11.3 Å². The summed E-state index contributed by atoms with van der Waals surface area (Å²) in [6.07, 6.45) is 0. The van der Waals surface area contributed by atoms with E-state index in [2.05, 4.69) is 0 Å². The largest absolute Gasteiger partial charge is 0.338 e. The van der Waals surface area contributed by atoms with Gasteiger partial charge in [0, 0.05) is 13.1 Å². The maximum Gasteiger partial charge on any atom is 0.237 e. The van der Waals surface area contributed by atoms with Crippen LogP contribution in [0.25, 0.3) is 0 Å². The van der Waals surface area contributed by atoms with Crippen molar-refractivity contribution in [3.63, 3.8) is 0 Å². The Labute approximate surface area is 95.8 Å². The lowest BCUT2D eigenvalue weighted by molar-refractivity contribution is -0.128. The molecule has 0 N–H and O–H groups in total. The molecule has 1 aromatic carbocycles. The topological polar surface area (TPSA) is 20.3 Å². The van der Waals surface area contributed by atoms with Gasteiger partial charge in [-0.15, -0.1) is 11.6 Å². The molecule has 2 nitrogen and oxygen atoms in total. The molecular formula is C12H16ClNO. The third kappa shape index (κ3) is 3.56. The summed E-state index contributed by atoms with van der Waals surface area (Å²) in [7, 11) is 0. The highest BCUT2D eigenvalue weighted by Crippen LogP contribution is 2.07. The molecule has 0 saturated carbocycles. The fourth-order valence-electron chi connectivity index (χ4n) is 1.37. The van der Waals surface area contributed by atoms with Gasteiger partial charge in [0.2, 0.25) is 5.91 Å². The van der Waals surface area contributed by atoms with Crippen molar-refractivity contribution in [1.82, 2.24) is 4.90 Å². The molecule has 0 bridgehead atoms. The highest BCUT2D eigenvalue weighted by Gasteiger charge is 2.09. The van der Waals surface area contributed by atoms with Crippen LogP contribution in [0, 0.1) is 6.92 Å². The van der Waals surface area contributed by atoms with Crippen LogP contribution in [0.2, 0.25) is 0 Å². The zero-order valence-corrected chi connectivity index (χ0v) is 9.92. The van der Waals surface area contributed by atoms with Crippen molar-refractivity contribution >= 4 is 17.5 Å². The second-order valence-corrected chi connectivity index (χ2v) is 3.79. The Morgan fingerprint density at radius 2 is 1.93 bits per heavy atom. The number of halogens is 1. The van der Waals surface area contributed by atoms with Gasteiger partial charge >= 0.3 is 0 Å². The van der Waals surface area contributed by atoms with Crippen molar-refractivity contribution in [2.45, 2.75) is 20.4 Å². The molecule has 3 heteroatoms. The zero-order chi connectivity index (χ0) is 11.3. The molecule has 0 saturated heterocycles. The Balaban J connectivity index is 2.66. The lowest BCUT2D eigenvalue weighted by Crippen LogP contribution is -2.31. The predicted octanol–water partition coefficient (Wildman–Crippen LogP) is 2.58. The van der Waals surface area contributed by atoms with Crippen molar-refractivity contribution in [1.29, 1.82) is 0 Å². The van der Waals surface area contributed by atoms with Gasteiger partial charge in [-0.25, -0.2) is 0 Å². The van der Waals surface area contributed by atoms with E-state index in [0.29, 0.717) is 13.1 Å². The third-order valence-corrected chi connectivity index (χ3v) is 2.57. The summed E-state index contributed by atoms with van der Waals surface area (Å²) in [5.74, 6) is 0.0411. The molecule has 0 atom stereocenters. The minimum Gasteiger partial charge on any atom is -0.338 e. The molecule has 0 fully saturated rings. The maximum absolute atomic E-state index is 11.4. The first-order valence-electron chi connectivity index (χ1n) is 5.06.